The van der Waals surface area contributed by atoms with Crippen molar-refractivity contribution in [2.45, 2.75) is 6.54 Å². The van der Waals surface area contributed by atoms with Gasteiger partial charge < -0.3 is 10.1 Å². The zero-order valence-electron chi connectivity index (χ0n) is 13.7. The van der Waals surface area contributed by atoms with Gasteiger partial charge in [-0.2, -0.15) is 0 Å². The summed E-state index contributed by atoms with van der Waals surface area (Å²) in [5.74, 6) is 2.65. The highest BCUT2D eigenvalue weighted by Crippen LogP contribution is 2.27. The zero-order valence-corrected chi connectivity index (χ0v) is 15.3. The Labute approximate surface area is 159 Å². The normalized spacial score (nSPS) is 15.1. The van der Waals surface area contributed by atoms with Gasteiger partial charge in [-0.3, -0.25) is 9.69 Å². The van der Waals surface area contributed by atoms with Gasteiger partial charge >= 0.3 is 6.03 Å². The molecule has 0 radical (unpaired) electrons. The number of rotatable bonds is 5. The number of imide groups is 1. The van der Waals surface area contributed by atoms with E-state index in [0.717, 1.165) is 11.1 Å². The maximum Gasteiger partial charge on any atom is 0.329 e. The van der Waals surface area contributed by atoms with Gasteiger partial charge in [0.15, 0.2) is 0 Å². The predicted molar refractivity (Wildman–Crippen MR) is 102 cm³/mol. The van der Waals surface area contributed by atoms with Crippen molar-refractivity contribution >= 4 is 33.9 Å². The van der Waals surface area contributed by atoms with Crippen LogP contribution in [0, 0.1) is 12.3 Å². The summed E-state index contributed by atoms with van der Waals surface area (Å²) in [7, 11) is 0. The first-order valence-electron chi connectivity index (χ1n) is 7.83. The van der Waals surface area contributed by atoms with Crippen LogP contribution in [0.5, 0.6) is 5.75 Å². The van der Waals surface area contributed by atoms with Crippen LogP contribution in [-0.2, 0) is 11.3 Å². The van der Waals surface area contributed by atoms with Crippen LogP contribution in [-0.4, -0.2) is 23.4 Å². The summed E-state index contributed by atoms with van der Waals surface area (Å²) in [5, 5.41) is 2.62. The van der Waals surface area contributed by atoms with Crippen LogP contribution in [0.3, 0.4) is 0 Å². The van der Waals surface area contributed by atoms with E-state index in [1.54, 1.807) is 24.3 Å². The summed E-state index contributed by atoms with van der Waals surface area (Å²) in [6, 6.07) is 14.2. The van der Waals surface area contributed by atoms with Gasteiger partial charge in [0.1, 0.15) is 18.1 Å². The maximum absolute atomic E-state index is 12.5. The predicted octanol–water partition coefficient (Wildman–Crippen LogP) is 3.55. The number of carbonyl (C=O) groups is 2. The van der Waals surface area contributed by atoms with Crippen LogP contribution >= 0.6 is 15.9 Å². The molecule has 130 valence electrons. The molecular weight excluding hydrogens is 396 g/mol. The lowest BCUT2D eigenvalue weighted by Gasteiger charge is -2.11. The molecular formula is C20H15BrN2O3. The molecule has 6 heteroatoms. The fraction of sp³-hybridized carbons (Fsp3) is 0.100. The molecule has 0 unspecified atom stereocenters. The fourth-order valence-electron chi connectivity index (χ4n) is 2.49. The molecule has 1 saturated heterocycles. The number of hydrogen-bond donors (Lipinski definition) is 1. The van der Waals surface area contributed by atoms with E-state index >= 15 is 0 Å². The molecule has 1 aliphatic heterocycles. The fourth-order valence-corrected chi connectivity index (χ4v) is 3.00. The topological polar surface area (TPSA) is 58.6 Å². The second-order valence-electron chi connectivity index (χ2n) is 5.55. The molecule has 5 nitrogen and oxygen atoms in total. The van der Waals surface area contributed by atoms with Crippen LogP contribution in [0.1, 0.15) is 11.1 Å². The molecule has 1 heterocycles. The Morgan fingerprint density at radius 1 is 1.19 bits per heavy atom. The van der Waals surface area contributed by atoms with E-state index < -0.39 is 6.03 Å². The van der Waals surface area contributed by atoms with Gasteiger partial charge in [-0.25, -0.2) is 4.79 Å². The average Bonchev–Trinajstić information content (AvgIpc) is 2.89. The number of hydrogen-bond acceptors (Lipinski definition) is 3. The van der Waals surface area contributed by atoms with Crippen LogP contribution in [0.2, 0.25) is 0 Å². The number of halogens is 1. The molecule has 0 aliphatic carbocycles. The highest BCUT2D eigenvalue weighted by molar-refractivity contribution is 9.10. The highest BCUT2D eigenvalue weighted by atomic mass is 79.9. The summed E-state index contributed by atoms with van der Waals surface area (Å²) in [6.07, 6.45) is 6.81. The molecule has 3 amide bonds. The van der Waals surface area contributed by atoms with Gasteiger partial charge in [0.2, 0.25) is 0 Å². The number of terminal acetylenes is 1. The number of nitrogens with one attached hydrogen (secondary N) is 1. The number of nitrogens with zero attached hydrogens (tertiary/aromatic N) is 1. The average molecular weight is 411 g/mol. The molecule has 2 aromatic carbocycles. The van der Waals surface area contributed by atoms with Crippen molar-refractivity contribution in [2.24, 2.45) is 0 Å². The van der Waals surface area contributed by atoms with E-state index in [1.807, 2.05) is 30.3 Å². The van der Waals surface area contributed by atoms with E-state index in [-0.39, 0.29) is 24.8 Å². The van der Waals surface area contributed by atoms with Crippen molar-refractivity contribution in [3.05, 3.63) is 69.8 Å². The van der Waals surface area contributed by atoms with E-state index in [2.05, 4.69) is 27.2 Å². The third-order valence-electron chi connectivity index (χ3n) is 3.72. The minimum absolute atomic E-state index is 0.169. The van der Waals surface area contributed by atoms with E-state index in [4.69, 9.17) is 11.2 Å². The molecule has 0 aromatic heterocycles. The lowest BCUT2D eigenvalue weighted by molar-refractivity contribution is -0.123. The molecule has 26 heavy (non-hydrogen) atoms. The Bertz CT molecular complexity index is 916. The number of urea groups is 1. The van der Waals surface area contributed by atoms with E-state index in [9.17, 15) is 9.59 Å². The first kappa shape index (κ1) is 17.8. The largest absolute Gasteiger partial charge is 0.480 e. The lowest BCUT2D eigenvalue weighted by Crippen LogP contribution is -2.30. The smallest absolute Gasteiger partial charge is 0.329 e. The van der Waals surface area contributed by atoms with Crippen LogP contribution in [0.15, 0.2) is 58.7 Å². The zero-order chi connectivity index (χ0) is 18.5. The SMILES string of the molecule is C#CCOc1ccc(/C=C2/NC(=O)N(Cc3ccccc3)C2=O)cc1Br. The third-order valence-corrected chi connectivity index (χ3v) is 4.34. The summed E-state index contributed by atoms with van der Waals surface area (Å²) in [6.45, 7) is 0.396. The van der Waals surface area contributed by atoms with Crippen LogP contribution in [0.4, 0.5) is 4.79 Å². The highest BCUT2D eigenvalue weighted by Gasteiger charge is 2.33. The number of carbonyl (C=O) groups excluding carboxylic acids is 2. The minimum Gasteiger partial charge on any atom is -0.480 e. The van der Waals surface area contributed by atoms with Crippen molar-refractivity contribution in [1.29, 1.82) is 0 Å². The first-order valence-corrected chi connectivity index (χ1v) is 8.62. The molecule has 0 saturated carbocycles. The third kappa shape index (κ3) is 3.95. The van der Waals surface area contributed by atoms with Gasteiger partial charge in [-0.05, 0) is 45.3 Å². The Hall–Kier alpha value is -3.04. The quantitative estimate of drug-likeness (QED) is 0.465. The molecule has 1 fully saturated rings. The Morgan fingerprint density at radius 3 is 2.65 bits per heavy atom. The van der Waals surface area contributed by atoms with Crippen molar-refractivity contribution in [1.82, 2.24) is 10.2 Å². The van der Waals surface area contributed by atoms with Crippen LogP contribution < -0.4 is 10.1 Å². The maximum atomic E-state index is 12.5. The Morgan fingerprint density at radius 2 is 1.96 bits per heavy atom. The standard InChI is InChI=1S/C20H15BrN2O3/c1-2-10-26-18-9-8-15(11-16(18)21)12-17-19(24)23(20(25)22-17)13-14-6-4-3-5-7-14/h1,3-9,11-12H,10,13H2,(H,22,25)/b17-12+. The van der Waals surface area contributed by atoms with Gasteiger partial charge in [-0.15, -0.1) is 6.42 Å². The molecule has 2 aromatic rings. The monoisotopic (exact) mass is 410 g/mol. The molecule has 3 rings (SSSR count). The molecule has 0 bridgehead atoms. The summed E-state index contributed by atoms with van der Waals surface area (Å²) in [4.78, 5) is 25.8. The summed E-state index contributed by atoms with van der Waals surface area (Å²) in [5.41, 5.74) is 1.86. The van der Waals surface area contributed by atoms with Gasteiger partial charge in [0.05, 0.1) is 11.0 Å². The van der Waals surface area contributed by atoms with Gasteiger partial charge in [0.25, 0.3) is 5.91 Å². The van der Waals surface area contributed by atoms with Crippen molar-refractivity contribution < 1.29 is 14.3 Å². The number of benzene rings is 2. The summed E-state index contributed by atoms with van der Waals surface area (Å²) < 4.78 is 6.09. The first-order chi connectivity index (χ1) is 12.6. The van der Waals surface area contributed by atoms with Crippen LogP contribution in [0.25, 0.3) is 6.08 Å². The van der Waals surface area contributed by atoms with Crippen molar-refractivity contribution in [3.8, 4) is 18.1 Å². The molecule has 1 aliphatic rings. The second kappa shape index (κ2) is 7.89. The Balaban J connectivity index is 1.77. The number of ether oxygens (including phenoxy) is 1. The Kier molecular flexibility index (Phi) is 5.40. The summed E-state index contributed by atoms with van der Waals surface area (Å²) >= 11 is 3.40. The van der Waals surface area contributed by atoms with E-state index in [1.165, 1.54) is 4.90 Å². The molecule has 0 atom stereocenters. The second-order valence-corrected chi connectivity index (χ2v) is 6.40. The van der Waals surface area contributed by atoms with Crippen molar-refractivity contribution in [3.63, 3.8) is 0 Å². The van der Waals surface area contributed by atoms with Gasteiger partial charge in [0, 0.05) is 0 Å². The minimum atomic E-state index is -0.432. The van der Waals surface area contributed by atoms with Gasteiger partial charge in [-0.1, -0.05) is 42.3 Å². The number of amides is 3. The molecule has 1 N–H and O–H groups in total. The lowest BCUT2D eigenvalue weighted by atomic mass is 10.1. The van der Waals surface area contributed by atoms with Crippen molar-refractivity contribution in [2.75, 3.05) is 6.61 Å². The van der Waals surface area contributed by atoms with E-state index in [0.29, 0.717) is 10.2 Å². The molecule has 0 spiro atoms.